The van der Waals surface area contributed by atoms with Gasteiger partial charge in [-0.3, -0.25) is 4.79 Å². The van der Waals surface area contributed by atoms with Crippen LogP contribution in [0.4, 0.5) is 23.4 Å². The van der Waals surface area contributed by atoms with Gasteiger partial charge in [0.2, 0.25) is 5.88 Å². The third-order valence-electron chi connectivity index (χ3n) is 5.18. The molecule has 3 heterocycles. The van der Waals surface area contributed by atoms with Crippen molar-refractivity contribution >= 4 is 17.4 Å². The number of aromatic nitrogens is 4. The monoisotopic (exact) mass is 504 g/mol. The second-order valence-corrected chi connectivity index (χ2v) is 7.60. The summed E-state index contributed by atoms with van der Waals surface area (Å²) in [6, 6.07) is 6.49. The minimum absolute atomic E-state index is 0.000689. The lowest BCUT2D eigenvalue weighted by Gasteiger charge is -2.18. The molecule has 4 rings (SSSR count). The first-order valence-corrected chi connectivity index (χ1v) is 10.5. The zero-order chi connectivity index (χ0) is 26.0. The first kappa shape index (κ1) is 24.7. The van der Waals surface area contributed by atoms with Crippen LogP contribution in [0.3, 0.4) is 0 Å². The third-order valence-corrected chi connectivity index (χ3v) is 5.18. The molecular formula is C23H20F4N6O3. The smallest absolute Gasteiger partial charge is 0.480 e. The van der Waals surface area contributed by atoms with E-state index >= 15 is 0 Å². The molecule has 0 bridgehead atoms. The highest BCUT2D eigenvalue weighted by atomic mass is 19.4. The number of nitrogens with one attached hydrogen (secondary N) is 2. The van der Waals surface area contributed by atoms with Crippen molar-refractivity contribution in [3.63, 3.8) is 0 Å². The summed E-state index contributed by atoms with van der Waals surface area (Å²) >= 11 is 0. The van der Waals surface area contributed by atoms with Gasteiger partial charge in [-0.05, 0) is 43.3 Å². The molecule has 188 valence electrons. The van der Waals surface area contributed by atoms with Crippen molar-refractivity contribution in [2.75, 3.05) is 19.5 Å². The maximum atomic E-state index is 14.3. The fourth-order valence-corrected chi connectivity index (χ4v) is 3.48. The molecule has 1 unspecified atom stereocenters. The zero-order valence-electron chi connectivity index (χ0n) is 19.2. The largest absolute Gasteiger partial charge is 0.573 e. The summed E-state index contributed by atoms with van der Waals surface area (Å²) in [5.74, 6) is -1.48. The molecular weight excluding hydrogens is 484 g/mol. The van der Waals surface area contributed by atoms with Crippen LogP contribution in [0.1, 0.15) is 28.9 Å². The predicted molar refractivity (Wildman–Crippen MR) is 121 cm³/mol. The minimum atomic E-state index is -4.94. The average Bonchev–Trinajstić information content (AvgIpc) is 3.26. The van der Waals surface area contributed by atoms with Gasteiger partial charge in [0.1, 0.15) is 22.9 Å². The molecule has 0 radical (unpaired) electrons. The molecule has 9 nitrogen and oxygen atoms in total. The van der Waals surface area contributed by atoms with Crippen molar-refractivity contribution in [3.8, 4) is 22.9 Å². The van der Waals surface area contributed by atoms with Crippen molar-refractivity contribution in [1.29, 1.82) is 0 Å². The van der Waals surface area contributed by atoms with Gasteiger partial charge in [-0.15, -0.1) is 13.2 Å². The van der Waals surface area contributed by atoms with Crippen molar-refractivity contribution in [2.24, 2.45) is 0 Å². The first-order valence-electron chi connectivity index (χ1n) is 10.5. The predicted octanol–water partition coefficient (Wildman–Crippen LogP) is 4.37. The molecule has 0 fully saturated rings. The van der Waals surface area contributed by atoms with Gasteiger partial charge in [-0.2, -0.15) is 5.10 Å². The van der Waals surface area contributed by atoms with Gasteiger partial charge in [-0.1, -0.05) is 0 Å². The van der Waals surface area contributed by atoms with Gasteiger partial charge in [-0.25, -0.2) is 18.9 Å². The highest BCUT2D eigenvalue weighted by Gasteiger charge is 2.31. The highest BCUT2D eigenvalue weighted by Crippen LogP contribution is 2.29. The molecule has 1 amide bonds. The SMILES string of the molecule is CNc1cn2nc(-c3cnc(OC)c(C(=O)NC(C)c4cc(OC(F)(F)F)ccc4F)c3)ccc2n1. The lowest BCUT2D eigenvalue weighted by Crippen LogP contribution is -2.28. The van der Waals surface area contributed by atoms with Gasteiger partial charge in [0.05, 0.1) is 25.0 Å². The molecule has 0 aliphatic rings. The van der Waals surface area contributed by atoms with Crippen LogP contribution in [-0.4, -0.2) is 46.0 Å². The summed E-state index contributed by atoms with van der Waals surface area (Å²) in [4.78, 5) is 21.6. The number of hydrogen-bond acceptors (Lipinski definition) is 7. The number of alkyl halides is 3. The summed E-state index contributed by atoms with van der Waals surface area (Å²) in [5.41, 5.74) is 1.41. The number of hydrogen-bond donors (Lipinski definition) is 2. The number of benzene rings is 1. The quantitative estimate of drug-likeness (QED) is 0.361. The molecule has 4 aromatic rings. The summed E-state index contributed by atoms with van der Waals surface area (Å²) in [5, 5.41) is 9.95. The number of fused-ring (bicyclic) bond motifs is 1. The van der Waals surface area contributed by atoms with Gasteiger partial charge in [0.15, 0.2) is 5.65 Å². The van der Waals surface area contributed by atoms with E-state index in [1.54, 1.807) is 29.9 Å². The number of halogens is 4. The molecule has 1 aromatic carbocycles. The standard InChI is InChI=1S/C23H20F4N6O3/c1-12(15-9-14(4-5-17(15)24)36-23(25,26)27)30-21(34)16-8-13(10-29-22(16)35-3)18-6-7-20-31-19(28-2)11-33(20)32-18/h4-12,28H,1-3H3,(H,30,34). The Balaban J connectivity index is 1.61. The van der Waals surface area contributed by atoms with Gasteiger partial charge < -0.3 is 20.1 Å². The molecule has 3 aromatic heterocycles. The number of imidazole rings is 1. The summed E-state index contributed by atoms with van der Waals surface area (Å²) in [7, 11) is 3.06. The third kappa shape index (κ3) is 5.29. The fraction of sp³-hybridized carbons (Fsp3) is 0.217. The topological polar surface area (TPSA) is 103 Å². The van der Waals surface area contributed by atoms with E-state index in [-0.39, 0.29) is 17.0 Å². The maximum absolute atomic E-state index is 14.3. The summed E-state index contributed by atoms with van der Waals surface area (Å²) in [6.07, 6.45) is -1.78. The Morgan fingerprint density at radius 2 is 1.94 bits per heavy atom. The van der Waals surface area contributed by atoms with Crippen LogP contribution in [-0.2, 0) is 0 Å². The summed E-state index contributed by atoms with van der Waals surface area (Å²) < 4.78 is 62.6. The molecule has 0 saturated heterocycles. The van der Waals surface area contributed by atoms with Crippen LogP contribution < -0.4 is 20.1 Å². The maximum Gasteiger partial charge on any atom is 0.573 e. The fourth-order valence-electron chi connectivity index (χ4n) is 3.48. The normalized spacial score (nSPS) is 12.3. The number of methoxy groups -OCH3 is 1. The van der Waals surface area contributed by atoms with E-state index in [1.807, 2.05) is 0 Å². The van der Waals surface area contributed by atoms with E-state index in [0.717, 1.165) is 18.2 Å². The molecule has 0 aliphatic heterocycles. The van der Waals surface area contributed by atoms with Crippen molar-refractivity contribution in [2.45, 2.75) is 19.3 Å². The van der Waals surface area contributed by atoms with Crippen LogP contribution in [0.5, 0.6) is 11.6 Å². The number of ether oxygens (including phenoxy) is 2. The van der Waals surface area contributed by atoms with Crippen LogP contribution in [0.2, 0.25) is 0 Å². The number of nitrogens with zero attached hydrogens (tertiary/aromatic N) is 4. The Morgan fingerprint density at radius 1 is 1.17 bits per heavy atom. The van der Waals surface area contributed by atoms with Crippen molar-refractivity contribution < 1.29 is 31.8 Å². The lowest BCUT2D eigenvalue weighted by molar-refractivity contribution is -0.274. The minimum Gasteiger partial charge on any atom is -0.480 e. The van der Waals surface area contributed by atoms with Gasteiger partial charge in [0.25, 0.3) is 5.91 Å². The molecule has 0 aliphatic carbocycles. The molecule has 1 atom stereocenters. The molecule has 13 heteroatoms. The zero-order valence-corrected chi connectivity index (χ0v) is 19.2. The Kier molecular flexibility index (Phi) is 6.64. The van der Waals surface area contributed by atoms with Crippen LogP contribution in [0.25, 0.3) is 16.9 Å². The second-order valence-electron chi connectivity index (χ2n) is 7.60. The average molecular weight is 504 g/mol. The van der Waals surface area contributed by atoms with Gasteiger partial charge in [0, 0.05) is 24.4 Å². The van der Waals surface area contributed by atoms with E-state index < -0.39 is 29.9 Å². The Labute approximate surface area is 202 Å². The number of carbonyl (C=O) groups excluding carboxylic acids is 1. The number of amides is 1. The molecule has 2 N–H and O–H groups in total. The van der Waals surface area contributed by atoms with E-state index in [1.165, 1.54) is 26.3 Å². The van der Waals surface area contributed by atoms with Crippen molar-refractivity contribution in [3.05, 3.63) is 65.7 Å². The number of rotatable bonds is 7. The van der Waals surface area contributed by atoms with Gasteiger partial charge >= 0.3 is 6.36 Å². The van der Waals surface area contributed by atoms with Crippen molar-refractivity contribution in [1.82, 2.24) is 24.9 Å². The lowest BCUT2D eigenvalue weighted by atomic mass is 10.1. The Bertz CT molecular complexity index is 1420. The van der Waals surface area contributed by atoms with E-state index in [2.05, 4.69) is 30.4 Å². The summed E-state index contributed by atoms with van der Waals surface area (Å²) in [6.45, 7) is 1.42. The highest BCUT2D eigenvalue weighted by molar-refractivity contribution is 5.97. The number of anilines is 1. The molecule has 0 saturated carbocycles. The first-order chi connectivity index (χ1) is 17.1. The number of carbonyl (C=O) groups is 1. The van der Waals surface area contributed by atoms with E-state index in [4.69, 9.17) is 4.74 Å². The molecule has 0 spiro atoms. The van der Waals surface area contributed by atoms with E-state index in [0.29, 0.717) is 22.7 Å². The number of pyridine rings is 1. The Morgan fingerprint density at radius 3 is 2.64 bits per heavy atom. The van der Waals surface area contributed by atoms with E-state index in [9.17, 15) is 22.4 Å². The van der Waals surface area contributed by atoms with Crippen LogP contribution >= 0.6 is 0 Å². The van der Waals surface area contributed by atoms with Crippen LogP contribution in [0, 0.1) is 5.82 Å². The molecule has 36 heavy (non-hydrogen) atoms. The van der Waals surface area contributed by atoms with Crippen LogP contribution in [0.15, 0.2) is 48.8 Å². The Hall–Kier alpha value is -4.42. The second kappa shape index (κ2) is 9.68.